The summed E-state index contributed by atoms with van der Waals surface area (Å²) in [5.41, 5.74) is -2.08. The first kappa shape index (κ1) is 22.7. The molecule has 0 bridgehead atoms. The predicted molar refractivity (Wildman–Crippen MR) is 90.8 cm³/mol. The second kappa shape index (κ2) is 9.03. The lowest BCUT2D eigenvalue weighted by Crippen LogP contribution is -2.38. The van der Waals surface area contributed by atoms with E-state index in [9.17, 15) is 26.4 Å². The van der Waals surface area contributed by atoms with Gasteiger partial charge in [0.1, 0.15) is 0 Å². The molecule has 1 fully saturated rings. The number of sulfonamides is 1. The third-order valence-electron chi connectivity index (χ3n) is 3.97. The molecule has 148 valence electrons. The van der Waals surface area contributed by atoms with E-state index >= 15 is 0 Å². The van der Waals surface area contributed by atoms with Crippen LogP contribution in [0.4, 0.5) is 13.2 Å². The van der Waals surface area contributed by atoms with Gasteiger partial charge < -0.3 is 10.1 Å². The Labute approximate surface area is 155 Å². The first-order valence-corrected chi connectivity index (χ1v) is 9.13. The third-order valence-corrected chi connectivity index (χ3v) is 5.39. The number of esters is 1. The van der Waals surface area contributed by atoms with Crippen molar-refractivity contribution >= 4 is 28.4 Å². The van der Waals surface area contributed by atoms with Gasteiger partial charge in [-0.3, -0.25) is 0 Å². The fraction of sp³-hybridized carbons (Fsp3) is 0.533. The number of halogens is 4. The van der Waals surface area contributed by atoms with Crippen molar-refractivity contribution < 1.29 is 31.1 Å². The number of rotatable bonds is 5. The van der Waals surface area contributed by atoms with Gasteiger partial charge in [0.05, 0.1) is 23.1 Å². The Hall–Kier alpha value is -1.36. The summed E-state index contributed by atoms with van der Waals surface area (Å²) in [5, 5.41) is 3.13. The molecule has 1 heterocycles. The maximum atomic E-state index is 13.2. The zero-order valence-electron chi connectivity index (χ0n) is 13.9. The molecule has 1 unspecified atom stereocenters. The Morgan fingerprint density at radius 2 is 2.08 bits per heavy atom. The Morgan fingerprint density at radius 3 is 2.62 bits per heavy atom. The highest BCUT2D eigenvalue weighted by Gasteiger charge is 2.37. The molecular weight excluding hydrogens is 397 g/mol. The topological polar surface area (TPSA) is 84.5 Å². The van der Waals surface area contributed by atoms with Crippen LogP contribution in [0.15, 0.2) is 23.1 Å². The number of alkyl halides is 3. The highest BCUT2D eigenvalue weighted by Crippen LogP contribution is 2.34. The van der Waals surface area contributed by atoms with Crippen LogP contribution in [0.1, 0.15) is 28.8 Å². The fourth-order valence-electron chi connectivity index (χ4n) is 2.62. The van der Waals surface area contributed by atoms with Gasteiger partial charge in [0, 0.05) is 6.54 Å². The minimum absolute atomic E-state index is 0. The predicted octanol–water partition coefficient (Wildman–Crippen LogP) is 2.19. The normalized spacial score (nSPS) is 18.1. The molecule has 0 radical (unpaired) electrons. The molecule has 0 amide bonds. The van der Waals surface area contributed by atoms with E-state index in [1.807, 2.05) is 0 Å². The van der Waals surface area contributed by atoms with Gasteiger partial charge in [0.2, 0.25) is 10.0 Å². The van der Waals surface area contributed by atoms with Gasteiger partial charge in [-0.25, -0.2) is 17.9 Å². The van der Waals surface area contributed by atoms with Crippen LogP contribution in [0.3, 0.4) is 0 Å². The van der Waals surface area contributed by atoms with E-state index in [4.69, 9.17) is 0 Å². The van der Waals surface area contributed by atoms with Gasteiger partial charge in [-0.05, 0) is 50.0 Å². The molecule has 0 aromatic heterocycles. The SMILES string of the molecule is COC(=O)c1ccc(S(=O)(=O)NCC2CCCNC2)cc1C(F)(F)F.Cl. The second-order valence-corrected chi connectivity index (χ2v) is 7.53. The van der Waals surface area contributed by atoms with E-state index in [1.54, 1.807) is 0 Å². The van der Waals surface area contributed by atoms with Crippen molar-refractivity contribution in [2.24, 2.45) is 5.92 Å². The maximum Gasteiger partial charge on any atom is 0.417 e. The van der Waals surface area contributed by atoms with E-state index < -0.39 is 38.2 Å². The zero-order chi connectivity index (χ0) is 18.7. The molecule has 1 saturated heterocycles. The molecule has 2 rings (SSSR count). The largest absolute Gasteiger partial charge is 0.465 e. The highest BCUT2D eigenvalue weighted by molar-refractivity contribution is 7.89. The van der Waals surface area contributed by atoms with Crippen molar-refractivity contribution in [3.05, 3.63) is 29.3 Å². The summed E-state index contributed by atoms with van der Waals surface area (Å²) in [5.74, 6) is -1.10. The Balaban J connectivity index is 0.00000338. The molecule has 1 aliphatic heterocycles. The molecule has 2 N–H and O–H groups in total. The number of nitrogens with one attached hydrogen (secondary N) is 2. The van der Waals surface area contributed by atoms with Gasteiger partial charge in [-0.2, -0.15) is 13.2 Å². The molecule has 1 aromatic rings. The summed E-state index contributed by atoms with van der Waals surface area (Å²) in [7, 11) is -3.17. The molecule has 11 heteroatoms. The van der Waals surface area contributed by atoms with Crippen LogP contribution in [0.25, 0.3) is 0 Å². The van der Waals surface area contributed by atoms with Crippen molar-refractivity contribution in [2.45, 2.75) is 23.9 Å². The number of carbonyl (C=O) groups is 1. The van der Waals surface area contributed by atoms with Gasteiger partial charge in [0.15, 0.2) is 0 Å². The summed E-state index contributed by atoms with van der Waals surface area (Å²) < 4.78 is 70.7. The van der Waals surface area contributed by atoms with E-state index in [0.29, 0.717) is 12.6 Å². The number of methoxy groups -OCH3 is 1. The molecule has 1 aliphatic rings. The van der Waals surface area contributed by atoms with E-state index in [-0.39, 0.29) is 24.9 Å². The smallest absolute Gasteiger partial charge is 0.417 e. The van der Waals surface area contributed by atoms with Crippen molar-refractivity contribution in [1.82, 2.24) is 10.0 Å². The molecule has 0 spiro atoms. The average molecular weight is 417 g/mol. The van der Waals surface area contributed by atoms with Gasteiger partial charge >= 0.3 is 12.1 Å². The Morgan fingerprint density at radius 1 is 1.38 bits per heavy atom. The van der Waals surface area contributed by atoms with Crippen molar-refractivity contribution in [2.75, 3.05) is 26.7 Å². The van der Waals surface area contributed by atoms with Crippen molar-refractivity contribution in [3.63, 3.8) is 0 Å². The first-order chi connectivity index (χ1) is 11.6. The maximum absolute atomic E-state index is 13.2. The lowest BCUT2D eigenvalue weighted by molar-refractivity contribution is -0.138. The molecule has 6 nitrogen and oxygen atoms in total. The zero-order valence-corrected chi connectivity index (χ0v) is 15.6. The fourth-order valence-corrected chi connectivity index (χ4v) is 3.76. The minimum Gasteiger partial charge on any atom is -0.465 e. The molecule has 0 aliphatic carbocycles. The summed E-state index contributed by atoms with van der Waals surface area (Å²) in [6, 6.07) is 2.22. The molecule has 26 heavy (non-hydrogen) atoms. The van der Waals surface area contributed by atoms with Crippen molar-refractivity contribution in [3.8, 4) is 0 Å². The lowest BCUT2D eigenvalue weighted by atomic mass is 10.0. The van der Waals surface area contributed by atoms with Gasteiger partial charge in [-0.15, -0.1) is 12.4 Å². The Kier molecular flexibility index (Phi) is 7.87. The van der Waals surface area contributed by atoms with Crippen LogP contribution in [0.2, 0.25) is 0 Å². The molecule has 0 saturated carbocycles. The summed E-state index contributed by atoms with van der Waals surface area (Å²) in [6.07, 6.45) is -3.13. The number of carbonyl (C=O) groups excluding carboxylic acids is 1. The summed E-state index contributed by atoms with van der Waals surface area (Å²) in [4.78, 5) is 10.9. The summed E-state index contributed by atoms with van der Waals surface area (Å²) >= 11 is 0. The van der Waals surface area contributed by atoms with Gasteiger partial charge in [-0.1, -0.05) is 0 Å². The van der Waals surface area contributed by atoms with E-state index in [0.717, 1.165) is 38.6 Å². The minimum atomic E-state index is -4.89. The average Bonchev–Trinajstić information content (AvgIpc) is 2.59. The molecular formula is C15H20ClF3N2O4S. The highest BCUT2D eigenvalue weighted by atomic mass is 35.5. The van der Waals surface area contributed by atoms with Crippen LogP contribution in [0.5, 0.6) is 0 Å². The lowest BCUT2D eigenvalue weighted by Gasteiger charge is -2.23. The summed E-state index contributed by atoms with van der Waals surface area (Å²) in [6.45, 7) is 1.65. The van der Waals surface area contributed by atoms with Crippen molar-refractivity contribution in [1.29, 1.82) is 0 Å². The first-order valence-electron chi connectivity index (χ1n) is 7.65. The quantitative estimate of drug-likeness (QED) is 0.719. The number of ether oxygens (including phenoxy) is 1. The number of benzene rings is 1. The second-order valence-electron chi connectivity index (χ2n) is 5.76. The van der Waals surface area contributed by atoms with Crippen LogP contribution in [-0.2, 0) is 20.9 Å². The standard InChI is InChI=1S/C15H19F3N2O4S.ClH/c1-24-14(21)12-5-4-11(7-13(12)15(16,17)18)25(22,23)20-9-10-3-2-6-19-8-10;/h4-5,7,10,19-20H,2-3,6,8-9H2,1H3;1H. The van der Waals surface area contributed by atoms with Crippen LogP contribution < -0.4 is 10.0 Å². The van der Waals surface area contributed by atoms with E-state index in [2.05, 4.69) is 14.8 Å². The van der Waals surface area contributed by atoms with E-state index in [1.165, 1.54) is 0 Å². The third kappa shape index (κ3) is 5.57. The molecule has 1 atom stereocenters. The van der Waals surface area contributed by atoms with Crippen LogP contribution >= 0.6 is 12.4 Å². The number of hydrogen-bond acceptors (Lipinski definition) is 5. The molecule has 1 aromatic carbocycles. The van der Waals surface area contributed by atoms with Crippen LogP contribution in [-0.4, -0.2) is 41.1 Å². The monoisotopic (exact) mass is 416 g/mol. The Bertz CT molecular complexity index is 735. The van der Waals surface area contributed by atoms with Gasteiger partial charge in [0.25, 0.3) is 0 Å². The number of piperidine rings is 1. The number of hydrogen-bond donors (Lipinski definition) is 2. The van der Waals surface area contributed by atoms with Crippen LogP contribution in [0, 0.1) is 5.92 Å².